The molecule has 1 N–H and O–H groups in total. The average Bonchev–Trinajstić information content (AvgIpc) is 2.53. The lowest BCUT2D eigenvalue weighted by Crippen LogP contribution is -2.14. The zero-order valence-corrected chi connectivity index (χ0v) is 9.78. The molecule has 0 aliphatic rings. The summed E-state index contributed by atoms with van der Waals surface area (Å²) in [6.07, 6.45) is 1.99. The quantitative estimate of drug-likeness (QED) is 0.667. The van der Waals surface area contributed by atoms with Crippen LogP contribution in [0.5, 0.6) is 0 Å². The molecule has 0 spiro atoms. The van der Waals surface area contributed by atoms with E-state index in [9.17, 15) is 5.11 Å². The van der Waals surface area contributed by atoms with Crippen molar-refractivity contribution in [1.82, 2.24) is 4.57 Å². The summed E-state index contributed by atoms with van der Waals surface area (Å²) in [6.45, 7) is 3.37. The second-order valence-electron chi connectivity index (χ2n) is 4.48. The minimum Gasteiger partial charge on any atom is -0.378 e. The van der Waals surface area contributed by atoms with E-state index < -0.39 is 5.60 Å². The van der Waals surface area contributed by atoms with Crippen molar-refractivity contribution in [3.05, 3.63) is 36.0 Å². The molecule has 2 rings (SSSR count). The van der Waals surface area contributed by atoms with Crippen LogP contribution in [0.1, 0.15) is 19.4 Å². The summed E-state index contributed by atoms with van der Waals surface area (Å²) in [7, 11) is 2.00. The monoisotopic (exact) mass is 213 g/mol. The molecule has 1 aromatic heterocycles. The maximum atomic E-state index is 9.58. The highest BCUT2D eigenvalue weighted by atomic mass is 16.3. The van der Waals surface area contributed by atoms with Crippen LogP contribution in [0.4, 0.5) is 0 Å². The lowest BCUT2D eigenvalue weighted by atomic mass is 10.1. The molecule has 2 nitrogen and oxygen atoms in total. The molecule has 0 atom stereocenters. The number of aromatic nitrogens is 1. The standard InChI is InChI=1S/C14H15NO/c1-14(2,16)9-8-11-10-15(3)13-7-5-4-6-12(11)13/h4-7,10,16H,1-3H3. The summed E-state index contributed by atoms with van der Waals surface area (Å²) in [5.41, 5.74) is 1.17. The molecule has 0 aliphatic carbocycles. The third kappa shape index (κ3) is 2.10. The van der Waals surface area contributed by atoms with Gasteiger partial charge in [0.05, 0.1) is 5.56 Å². The van der Waals surface area contributed by atoms with Crippen LogP contribution in [0.15, 0.2) is 30.5 Å². The van der Waals surface area contributed by atoms with E-state index in [0.29, 0.717) is 0 Å². The van der Waals surface area contributed by atoms with Crippen molar-refractivity contribution < 1.29 is 5.11 Å². The maximum Gasteiger partial charge on any atom is 0.120 e. The summed E-state index contributed by atoms with van der Waals surface area (Å²) < 4.78 is 2.05. The Labute approximate surface area is 95.5 Å². The molecule has 0 radical (unpaired) electrons. The van der Waals surface area contributed by atoms with Gasteiger partial charge in [-0.05, 0) is 19.9 Å². The second-order valence-corrected chi connectivity index (χ2v) is 4.48. The fourth-order valence-electron chi connectivity index (χ4n) is 1.66. The SMILES string of the molecule is Cn1cc(C#CC(C)(C)O)c2ccccc21. The smallest absolute Gasteiger partial charge is 0.120 e. The topological polar surface area (TPSA) is 25.2 Å². The van der Waals surface area contributed by atoms with Crippen molar-refractivity contribution in [2.45, 2.75) is 19.4 Å². The molecular weight excluding hydrogens is 198 g/mol. The molecule has 1 heterocycles. The van der Waals surface area contributed by atoms with E-state index in [2.05, 4.69) is 17.9 Å². The van der Waals surface area contributed by atoms with Crippen LogP contribution in [0.3, 0.4) is 0 Å². The number of para-hydroxylation sites is 1. The first-order valence-electron chi connectivity index (χ1n) is 5.27. The molecule has 2 heteroatoms. The minimum atomic E-state index is -0.947. The number of aryl methyl sites for hydroxylation is 1. The van der Waals surface area contributed by atoms with Crippen molar-refractivity contribution in [3.63, 3.8) is 0 Å². The molecule has 1 aromatic carbocycles. The molecule has 82 valence electrons. The predicted octanol–water partition coefficient (Wildman–Crippen LogP) is 2.30. The van der Waals surface area contributed by atoms with Crippen molar-refractivity contribution in [1.29, 1.82) is 0 Å². The van der Waals surface area contributed by atoms with Crippen LogP contribution in [0.25, 0.3) is 10.9 Å². The van der Waals surface area contributed by atoms with Crippen LogP contribution < -0.4 is 0 Å². The Bertz CT molecular complexity index is 576. The Morgan fingerprint density at radius 3 is 2.62 bits per heavy atom. The number of rotatable bonds is 0. The Balaban J connectivity index is 2.57. The molecule has 0 fully saturated rings. The molecular formula is C14H15NO. The minimum absolute atomic E-state index is 0.947. The van der Waals surface area contributed by atoms with Gasteiger partial charge in [-0.15, -0.1) is 0 Å². The molecule has 0 unspecified atom stereocenters. The van der Waals surface area contributed by atoms with Gasteiger partial charge in [-0.2, -0.15) is 0 Å². The normalized spacial score (nSPS) is 11.2. The van der Waals surface area contributed by atoms with E-state index in [1.807, 2.05) is 36.0 Å². The number of hydrogen-bond donors (Lipinski definition) is 1. The summed E-state index contributed by atoms with van der Waals surface area (Å²) in [4.78, 5) is 0. The van der Waals surface area contributed by atoms with Crippen LogP contribution in [0.2, 0.25) is 0 Å². The Kier molecular flexibility index (Phi) is 2.49. The number of hydrogen-bond acceptors (Lipinski definition) is 1. The number of fused-ring (bicyclic) bond motifs is 1. The molecule has 0 aliphatic heterocycles. The van der Waals surface area contributed by atoms with Gasteiger partial charge in [0, 0.05) is 24.1 Å². The van der Waals surface area contributed by atoms with Gasteiger partial charge < -0.3 is 9.67 Å². The lowest BCUT2D eigenvalue weighted by Gasteiger charge is -2.05. The molecule has 0 saturated heterocycles. The van der Waals surface area contributed by atoms with E-state index in [0.717, 1.165) is 16.5 Å². The largest absolute Gasteiger partial charge is 0.378 e. The zero-order valence-electron chi connectivity index (χ0n) is 9.78. The van der Waals surface area contributed by atoms with Gasteiger partial charge in [0.25, 0.3) is 0 Å². The molecule has 16 heavy (non-hydrogen) atoms. The number of benzene rings is 1. The summed E-state index contributed by atoms with van der Waals surface area (Å²) >= 11 is 0. The fraction of sp³-hybridized carbons (Fsp3) is 0.286. The third-order valence-electron chi connectivity index (χ3n) is 2.40. The molecule has 0 bridgehead atoms. The first kappa shape index (κ1) is 10.8. The van der Waals surface area contributed by atoms with Gasteiger partial charge in [0.1, 0.15) is 5.60 Å². The van der Waals surface area contributed by atoms with E-state index in [4.69, 9.17) is 0 Å². The second kappa shape index (κ2) is 3.70. The first-order chi connectivity index (χ1) is 7.47. The summed E-state index contributed by atoms with van der Waals surface area (Å²) in [6, 6.07) is 8.11. The van der Waals surface area contributed by atoms with Crippen molar-refractivity contribution >= 4 is 10.9 Å². The lowest BCUT2D eigenvalue weighted by molar-refractivity contribution is 0.143. The zero-order chi connectivity index (χ0) is 11.8. The Morgan fingerprint density at radius 2 is 1.94 bits per heavy atom. The van der Waals surface area contributed by atoms with Crippen LogP contribution in [-0.4, -0.2) is 15.3 Å². The van der Waals surface area contributed by atoms with Gasteiger partial charge in [-0.3, -0.25) is 0 Å². The van der Waals surface area contributed by atoms with Crippen molar-refractivity contribution in [3.8, 4) is 11.8 Å². The first-order valence-corrected chi connectivity index (χ1v) is 5.27. The Hall–Kier alpha value is -1.72. The molecule has 0 amide bonds. The van der Waals surface area contributed by atoms with E-state index in [-0.39, 0.29) is 0 Å². The van der Waals surface area contributed by atoms with E-state index in [1.54, 1.807) is 13.8 Å². The highest BCUT2D eigenvalue weighted by molar-refractivity contribution is 5.86. The Morgan fingerprint density at radius 1 is 1.25 bits per heavy atom. The van der Waals surface area contributed by atoms with Crippen LogP contribution in [0, 0.1) is 11.8 Å². The average molecular weight is 213 g/mol. The predicted molar refractivity (Wildman–Crippen MR) is 66.1 cm³/mol. The third-order valence-corrected chi connectivity index (χ3v) is 2.40. The van der Waals surface area contributed by atoms with Crippen LogP contribution >= 0.6 is 0 Å². The summed E-state index contributed by atoms with van der Waals surface area (Å²) in [5, 5.41) is 10.7. The molecule has 2 aromatic rings. The van der Waals surface area contributed by atoms with E-state index in [1.165, 1.54) is 0 Å². The van der Waals surface area contributed by atoms with Gasteiger partial charge in [-0.1, -0.05) is 30.0 Å². The van der Waals surface area contributed by atoms with Gasteiger partial charge in [0.2, 0.25) is 0 Å². The van der Waals surface area contributed by atoms with Crippen LogP contribution in [-0.2, 0) is 7.05 Å². The molecule has 0 saturated carbocycles. The highest BCUT2D eigenvalue weighted by Gasteiger charge is 2.07. The highest BCUT2D eigenvalue weighted by Crippen LogP contribution is 2.19. The van der Waals surface area contributed by atoms with Crippen molar-refractivity contribution in [2.75, 3.05) is 0 Å². The van der Waals surface area contributed by atoms with Crippen molar-refractivity contribution in [2.24, 2.45) is 7.05 Å². The maximum absolute atomic E-state index is 9.58. The van der Waals surface area contributed by atoms with Gasteiger partial charge in [-0.25, -0.2) is 0 Å². The summed E-state index contributed by atoms with van der Waals surface area (Å²) in [5.74, 6) is 5.86. The van der Waals surface area contributed by atoms with Gasteiger partial charge in [0.15, 0.2) is 0 Å². The number of nitrogens with zero attached hydrogens (tertiary/aromatic N) is 1. The number of aliphatic hydroxyl groups is 1. The van der Waals surface area contributed by atoms with E-state index >= 15 is 0 Å². The fourth-order valence-corrected chi connectivity index (χ4v) is 1.66. The van der Waals surface area contributed by atoms with Gasteiger partial charge >= 0.3 is 0 Å².